The van der Waals surface area contributed by atoms with Gasteiger partial charge in [0.2, 0.25) is 0 Å². The van der Waals surface area contributed by atoms with Crippen LogP contribution in [-0.4, -0.2) is 17.3 Å². The quantitative estimate of drug-likeness (QED) is 0.768. The van der Waals surface area contributed by atoms with Crippen LogP contribution < -0.4 is 5.32 Å². The van der Waals surface area contributed by atoms with E-state index in [0.717, 1.165) is 24.4 Å². The second-order valence-electron chi connectivity index (χ2n) is 4.44. The molecule has 0 unspecified atom stereocenters. The van der Waals surface area contributed by atoms with Gasteiger partial charge in [-0.05, 0) is 30.9 Å². The Morgan fingerprint density at radius 1 is 1.36 bits per heavy atom. The van der Waals surface area contributed by atoms with Crippen LogP contribution in [0.25, 0.3) is 0 Å². The third kappa shape index (κ3) is 1.75. The zero-order valence-electron chi connectivity index (χ0n) is 8.53. The van der Waals surface area contributed by atoms with Crippen molar-refractivity contribution in [1.29, 1.82) is 0 Å². The zero-order valence-corrected chi connectivity index (χ0v) is 8.53. The maximum Gasteiger partial charge on any atom is 0.0661 e. The fourth-order valence-corrected chi connectivity index (χ4v) is 2.37. The molecule has 0 atom stereocenters. The first-order chi connectivity index (χ1) is 6.74. The first-order valence-corrected chi connectivity index (χ1v) is 5.18. The predicted molar refractivity (Wildman–Crippen MR) is 58.3 cm³/mol. The molecule has 0 amide bonds. The molecule has 0 aliphatic heterocycles. The van der Waals surface area contributed by atoms with Crippen LogP contribution in [0.2, 0.25) is 0 Å². The monoisotopic (exact) mass is 191 g/mol. The summed E-state index contributed by atoms with van der Waals surface area (Å²) < 4.78 is 0. The summed E-state index contributed by atoms with van der Waals surface area (Å²) in [6.45, 7) is 2.45. The summed E-state index contributed by atoms with van der Waals surface area (Å²) in [5.41, 5.74) is 1.05. The molecular weight excluding hydrogens is 174 g/mol. The van der Waals surface area contributed by atoms with E-state index < -0.39 is 0 Å². The van der Waals surface area contributed by atoms with Crippen LogP contribution in [0, 0.1) is 5.92 Å². The van der Waals surface area contributed by atoms with Crippen molar-refractivity contribution in [3.63, 3.8) is 0 Å². The average molecular weight is 191 g/mol. The topological polar surface area (TPSA) is 32.3 Å². The molecule has 2 rings (SSSR count). The van der Waals surface area contributed by atoms with Gasteiger partial charge in [-0.3, -0.25) is 0 Å². The molecule has 1 aromatic rings. The first-order valence-electron chi connectivity index (χ1n) is 5.18. The van der Waals surface area contributed by atoms with Crippen molar-refractivity contribution in [3.05, 3.63) is 30.3 Å². The Bertz CT molecular complexity index is 290. The van der Waals surface area contributed by atoms with E-state index in [1.807, 2.05) is 30.3 Å². The van der Waals surface area contributed by atoms with Gasteiger partial charge in [0.05, 0.1) is 12.1 Å². The molecule has 14 heavy (non-hydrogen) atoms. The maximum absolute atomic E-state index is 9.35. The highest BCUT2D eigenvalue weighted by atomic mass is 16.3. The zero-order chi connectivity index (χ0) is 10.0. The number of rotatable bonds is 3. The van der Waals surface area contributed by atoms with Crippen LogP contribution in [0.1, 0.15) is 19.8 Å². The van der Waals surface area contributed by atoms with E-state index in [1.165, 1.54) is 0 Å². The lowest BCUT2D eigenvalue weighted by atomic mass is 9.69. The van der Waals surface area contributed by atoms with Crippen molar-refractivity contribution in [3.8, 4) is 0 Å². The Morgan fingerprint density at radius 2 is 2.00 bits per heavy atom. The number of para-hydroxylation sites is 1. The minimum Gasteiger partial charge on any atom is -0.394 e. The molecule has 0 bridgehead atoms. The highest BCUT2D eigenvalue weighted by molar-refractivity contribution is 5.46. The summed E-state index contributed by atoms with van der Waals surface area (Å²) in [6, 6.07) is 10.1. The maximum atomic E-state index is 9.35. The van der Waals surface area contributed by atoms with Crippen molar-refractivity contribution < 1.29 is 5.11 Å². The summed E-state index contributed by atoms with van der Waals surface area (Å²) >= 11 is 0. The highest BCUT2D eigenvalue weighted by Crippen LogP contribution is 2.39. The van der Waals surface area contributed by atoms with Gasteiger partial charge in [-0.2, -0.15) is 0 Å². The van der Waals surface area contributed by atoms with Gasteiger partial charge in [-0.15, -0.1) is 0 Å². The molecule has 0 saturated heterocycles. The standard InChI is InChI=1S/C12H17NO/c1-10-7-12(8-10,9-14)13-11-5-3-2-4-6-11/h2-6,10,13-14H,7-9H2,1H3. The molecule has 2 N–H and O–H groups in total. The van der Waals surface area contributed by atoms with Crippen LogP contribution in [0.3, 0.4) is 0 Å². The number of nitrogens with one attached hydrogen (secondary N) is 1. The van der Waals surface area contributed by atoms with E-state index in [-0.39, 0.29) is 12.1 Å². The lowest BCUT2D eigenvalue weighted by Crippen LogP contribution is -2.52. The van der Waals surface area contributed by atoms with Crippen molar-refractivity contribution in [2.45, 2.75) is 25.3 Å². The second kappa shape index (κ2) is 3.62. The summed E-state index contributed by atoms with van der Waals surface area (Å²) in [5.74, 6) is 0.735. The van der Waals surface area contributed by atoms with Gasteiger partial charge >= 0.3 is 0 Å². The number of anilines is 1. The number of aliphatic hydroxyl groups excluding tert-OH is 1. The molecule has 2 nitrogen and oxygen atoms in total. The molecule has 0 heterocycles. The Hall–Kier alpha value is -1.02. The van der Waals surface area contributed by atoms with Gasteiger partial charge in [0, 0.05) is 5.69 Å². The summed E-state index contributed by atoms with van der Waals surface area (Å²) in [6.07, 6.45) is 2.14. The number of hydrogen-bond acceptors (Lipinski definition) is 2. The van der Waals surface area contributed by atoms with E-state index in [1.54, 1.807) is 0 Å². The van der Waals surface area contributed by atoms with Gasteiger partial charge in [0.1, 0.15) is 0 Å². The van der Waals surface area contributed by atoms with Crippen LogP contribution in [0.4, 0.5) is 5.69 Å². The molecular formula is C12H17NO. The fraction of sp³-hybridized carbons (Fsp3) is 0.500. The predicted octanol–water partition coefficient (Wildman–Crippen LogP) is 2.26. The van der Waals surface area contributed by atoms with Gasteiger partial charge in [-0.25, -0.2) is 0 Å². The van der Waals surface area contributed by atoms with E-state index in [4.69, 9.17) is 0 Å². The van der Waals surface area contributed by atoms with Crippen molar-refractivity contribution in [2.75, 3.05) is 11.9 Å². The molecule has 0 aromatic heterocycles. The number of benzene rings is 1. The second-order valence-corrected chi connectivity index (χ2v) is 4.44. The largest absolute Gasteiger partial charge is 0.394 e. The first kappa shape index (κ1) is 9.53. The van der Waals surface area contributed by atoms with Gasteiger partial charge in [0.15, 0.2) is 0 Å². The third-order valence-electron chi connectivity index (χ3n) is 2.96. The van der Waals surface area contributed by atoms with Crippen LogP contribution in [0.15, 0.2) is 30.3 Å². The van der Waals surface area contributed by atoms with Crippen molar-refractivity contribution >= 4 is 5.69 Å². The molecule has 76 valence electrons. The summed E-state index contributed by atoms with van der Waals surface area (Å²) in [4.78, 5) is 0. The minimum atomic E-state index is -0.0548. The Labute approximate surface area is 85.0 Å². The summed E-state index contributed by atoms with van der Waals surface area (Å²) in [7, 11) is 0. The lowest BCUT2D eigenvalue weighted by molar-refractivity contribution is 0.0992. The van der Waals surface area contributed by atoms with Crippen molar-refractivity contribution in [2.24, 2.45) is 5.92 Å². The van der Waals surface area contributed by atoms with Crippen LogP contribution in [-0.2, 0) is 0 Å². The Balaban J connectivity index is 2.03. The molecule has 1 aliphatic carbocycles. The van der Waals surface area contributed by atoms with Gasteiger partial charge in [-0.1, -0.05) is 25.1 Å². The van der Waals surface area contributed by atoms with E-state index in [2.05, 4.69) is 12.2 Å². The minimum absolute atomic E-state index is 0.0548. The summed E-state index contributed by atoms with van der Waals surface area (Å²) in [5, 5.41) is 12.8. The normalized spacial score (nSPS) is 30.9. The SMILES string of the molecule is CC1CC(CO)(Nc2ccccc2)C1. The molecule has 0 spiro atoms. The molecule has 1 saturated carbocycles. The number of hydrogen-bond donors (Lipinski definition) is 2. The molecule has 1 aliphatic rings. The fourth-order valence-electron chi connectivity index (χ4n) is 2.37. The smallest absolute Gasteiger partial charge is 0.0661 e. The van der Waals surface area contributed by atoms with Gasteiger partial charge in [0.25, 0.3) is 0 Å². The molecule has 1 aromatic carbocycles. The van der Waals surface area contributed by atoms with Gasteiger partial charge < -0.3 is 10.4 Å². The van der Waals surface area contributed by atoms with E-state index in [0.29, 0.717) is 0 Å². The molecule has 0 radical (unpaired) electrons. The van der Waals surface area contributed by atoms with E-state index >= 15 is 0 Å². The van der Waals surface area contributed by atoms with Crippen LogP contribution >= 0.6 is 0 Å². The van der Waals surface area contributed by atoms with Crippen LogP contribution in [0.5, 0.6) is 0 Å². The van der Waals surface area contributed by atoms with E-state index in [9.17, 15) is 5.11 Å². The molecule has 1 fully saturated rings. The molecule has 2 heteroatoms. The number of aliphatic hydroxyl groups is 1. The third-order valence-corrected chi connectivity index (χ3v) is 2.96. The average Bonchev–Trinajstić information content (AvgIpc) is 2.16. The van der Waals surface area contributed by atoms with Crippen molar-refractivity contribution in [1.82, 2.24) is 0 Å². The highest BCUT2D eigenvalue weighted by Gasteiger charge is 2.41. The lowest BCUT2D eigenvalue weighted by Gasteiger charge is -2.46. The Morgan fingerprint density at radius 3 is 2.50 bits per heavy atom. The Kier molecular flexibility index (Phi) is 2.46.